The van der Waals surface area contributed by atoms with Crippen LogP contribution in [0.2, 0.25) is 0 Å². The number of carbonyl (C=O) groups excluding carboxylic acids is 1. The lowest BCUT2D eigenvalue weighted by molar-refractivity contribution is -0.131. The van der Waals surface area contributed by atoms with Gasteiger partial charge in [0.15, 0.2) is 0 Å². The number of rotatable bonds is 3. The van der Waals surface area contributed by atoms with Crippen molar-refractivity contribution in [2.24, 2.45) is 12.8 Å². The number of fused-ring (bicyclic) bond motifs is 1. The Balaban J connectivity index is 2.59. The first kappa shape index (κ1) is 12.6. The summed E-state index contributed by atoms with van der Waals surface area (Å²) in [6.45, 7) is 4.09. The van der Waals surface area contributed by atoms with Crippen LogP contribution in [-0.2, 0) is 18.3 Å². The Labute approximate surface area is 106 Å². The minimum atomic E-state index is -0.303. The number of nitrogens with two attached hydrogens (primary N) is 1. The van der Waals surface area contributed by atoms with E-state index < -0.39 is 0 Å². The van der Waals surface area contributed by atoms with Gasteiger partial charge < -0.3 is 15.0 Å². The summed E-state index contributed by atoms with van der Waals surface area (Å²) in [4.78, 5) is 11.0. The lowest BCUT2D eigenvalue weighted by atomic mass is 10.1. The lowest BCUT2D eigenvalue weighted by Crippen LogP contribution is -2.04. The zero-order valence-electron chi connectivity index (χ0n) is 11.0. The van der Waals surface area contributed by atoms with E-state index in [0.717, 1.165) is 17.3 Å². The minimum absolute atomic E-state index is 0.303. The predicted molar refractivity (Wildman–Crippen MR) is 71.7 cm³/mol. The fourth-order valence-electron chi connectivity index (χ4n) is 2.32. The van der Waals surface area contributed by atoms with Crippen LogP contribution < -0.4 is 10.5 Å². The summed E-state index contributed by atoms with van der Waals surface area (Å²) < 4.78 is 7.26. The maximum Gasteiger partial charge on any atom is 0.308 e. The van der Waals surface area contributed by atoms with E-state index in [-0.39, 0.29) is 5.97 Å². The number of esters is 1. The van der Waals surface area contributed by atoms with Crippen molar-refractivity contribution in [1.82, 2.24) is 4.57 Å². The summed E-state index contributed by atoms with van der Waals surface area (Å²) in [5.41, 5.74) is 9.22. The molecule has 18 heavy (non-hydrogen) atoms. The molecule has 2 N–H and O–H groups in total. The normalized spacial score (nSPS) is 10.9. The zero-order chi connectivity index (χ0) is 13.3. The van der Waals surface area contributed by atoms with Crippen molar-refractivity contribution in [3.05, 3.63) is 29.5 Å². The monoisotopic (exact) mass is 246 g/mol. The van der Waals surface area contributed by atoms with Gasteiger partial charge in [0, 0.05) is 30.6 Å². The minimum Gasteiger partial charge on any atom is -0.427 e. The standard InChI is InChI=1S/C14H18N2O2/c1-9-12(6-7-15)13-8-11(18-10(2)17)4-5-14(13)16(9)3/h4-5,8H,6-7,15H2,1-3H3. The van der Waals surface area contributed by atoms with E-state index in [9.17, 15) is 4.79 Å². The summed E-state index contributed by atoms with van der Waals surface area (Å²) in [5, 5.41) is 1.11. The van der Waals surface area contributed by atoms with Crippen molar-refractivity contribution in [3.8, 4) is 5.75 Å². The molecular formula is C14H18N2O2. The molecule has 1 aromatic carbocycles. The second-order valence-corrected chi connectivity index (χ2v) is 4.43. The molecule has 0 saturated heterocycles. The molecule has 0 amide bonds. The fourth-order valence-corrected chi connectivity index (χ4v) is 2.32. The second-order valence-electron chi connectivity index (χ2n) is 4.43. The van der Waals surface area contributed by atoms with E-state index in [2.05, 4.69) is 11.5 Å². The smallest absolute Gasteiger partial charge is 0.308 e. The van der Waals surface area contributed by atoms with Gasteiger partial charge in [-0.25, -0.2) is 0 Å². The Morgan fingerprint density at radius 2 is 2.17 bits per heavy atom. The van der Waals surface area contributed by atoms with E-state index in [4.69, 9.17) is 10.5 Å². The van der Waals surface area contributed by atoms with E-state index in [1.165, 1.54) is 18.2 Å². The van der Waals surface area contributed by atoms with Gasteiger partial charge in [0.2, 0.25) is 0 Å². The van der Waals surface area contributed by atoms with Gasteiger partial charge in [0.05, 0.1) is 0 Å². The maximum absolute atomic E-state index is 11.0. The van der Waals surface area contributed by atoms with Gasteiger partial charge >= 0.3 is 5.97 Å². The molecule has 1 heterocycles. The highest BCUT2D eigenvalue weighted by Gasteiger charge is 2.12. The topological polar surface area (TPSA) is 57.2 Å². The Morgan fingerprint density at radius 3 is 2.78 bits per heavy atom. The largest absolute Gasteiger partial charge is 0.427 e. The molecular weight excluding hydrogens is 228 g/mol. The summed E-state index contributed by atoms with van der Waals surface area (Å²) >= 11 is 0. The van der Waals surface area contributed by atoms with Crippen molar-refractivity contribution in [2.75, 3.05) is 6.54 Å². The Bertz CT molecular complexity index is 599. The van der Waals surface area contributed by atoms with Crippen LogP contribution in [-0.4, -0.2) is 17.1 Å². The summed E-state index contributed by atoms with van der Waals surface area (Å²) in [7, 11) is 2.03. The van der Waals surface area contributed by atoms with Crippen molar-refractivity contribution in [3.63, 3.8) is 0 Å². The number of benzene rings is 1. The van der Waals surface area contributed by atoms with Crippen LogP contribution in [0.15, 0.2) is 18.2 Å². The molecule has 0 unspecified atom stereocenters. The first-order chi connectivity index (χ1) is 8.54. The zero-order valence-corrected chi connectivity index (χ0v) is 11.0. The van der Waals surface area contributed by atoms with Crippen LogP contribution >= 0.6 is 0 Å². The van der Waals surface area contributed by atoms with Crippen molar-refractivity contribution >= 4 is 16.9 Å². The van der Waals surface area contributed by atoms with Gasteiger partial charge in [-0.1, -0.05) is 0 Å². The molecule has 1 aromatic heterocycles. The highest BCUT2D eigenvalue weighted by molar-refractivity contribution is 5.87. The van der Waals surface area contributed by atoms with E-state index in [1.807, 2.05) is 25.2 Å². The van der Waals surface area contributed by atoms with Crippen LogP contribution in [0.1, 0.15) is 18.2 Å². The highest BCUT2D eigenvalue weighted by Crippen LogP contribution is 2.28. The van der Waals surface area contributed by atoms with E-state index in [0.29, 0.717) is 12.3 Å². The second kappa shape index (κ2) is 4.82. The number of carbonyl (C=O) groups is 1. The molecule has 0 aliphatic rings. The summed E-state index contributed by atoms with van der Waals surface area (Å²) in [6, 6.07) is 5.70. The highest BCUT2D eigenvalue weighted by atomic mass is 16.5. The molecule has 2 aromatic rings. The third kappa shape index (κ3) is 2.11. The first-order valence-corrected chi connectivity index (χ1v) is 6.01. The molecule has 4 heteroatoms. The van der Waals surface area contributed by atoms with Crippen molar-refractivity contribution in [2.45, 2.75) is 20.3 Å². The van der Waals surface area contributed by atoms with E-state index >= 15 is 0 Å². The number of ether oxygens (including phenoxy) is 1. The third-order valence-corrected chi connectivity index (χ3v) is 3.25. The van der Waals surface area contributed by atoms with Gasteiger partial charge in [-0.15, -0.1) is 0 Å². The van der Waals surface area contributed by atoms with Crippen LogP contribution in [0.3, 0.4) is 0 Å². The quantitative estimate of drug-likeness (QED) is 0.665. The third-order valence-electron chi connectivity index (χ3n) is 3.25. The number of nitrogens with zero attached hydrogens (tertiary/aromatic N) is 1. The molecule has 2 rings (SSSR count). The molecule has 0 aliphatic carbocycles. The molecule has 96 valence electrons. The lowest BCUT2D eigenvalue weighted by Gasteiger charge is -2.02. The maximum atomic E-state index is 11.0. The average Bonchev–Trinajstić information content (AvgIpc) is 2.54. The molecule has 0 atom stereocenters. The van der Waals surface area contributed by atoms with Crippen LogP contribution in [0.5, 0.6) is 5.75 Å². The number of hydrogen-bond donors (Lipinski definition) is 1. The molecule has 0 aliphatic heterocycles. The Morgan fingerprint density at radius 1 is 1.44 bits per heavy atom. The summed E-state index contributed by atoms with van der Waals surface area (Å²) in [6.07, 6.45) is 0.826. The number of aromatic nitrogens is 1. The number of hydrogen-bond acceptors (Lipinski definition) is 3. The van der Waals surface area contributed by atoms with Gasteiger partial charge in [-0.3, -0.25) is 4.79 Å². The molecule has 0 radical (unpaired) electrons. The van der Waals surface area contributed by atoms with Crippen molar-refractivity contribution < 1.29 is 9.53 Å². The van der Waals surface area contributed by atoms with Gasteiger partial charge in [0.1, 0.15) is 5.75 Å². The number of aryl methyl sites for hydroxylation is 1. The Hall–Kier alpha value is -1.81. The SMILES string of the molecule is CC(=O)Oc1ccc2c(c1)c(CCN)c(C)n2C. The van der Waals surface area contributed by atoms with Crippen molar-refractivity contribution in [1.29, 1.82) is 0 Å². The molecule has 0 fully saturated rings. The molecule has 4 nitrogen and oxygen atoms in total. The van der Waals surface area contributed by atoms with Crippen LogP contribution in [0.25, 0.3) is 10.9 Å². The summed E-state index contributed by atoms with van der Waals surface area (Å²) in [5.74, 6) is 0.279. The van der Waals surface area contributed by atoms with Gasteiger partial charge in [-0.05, 0) is 43.7 Å². The first-order valence-electron chi connectivity index (χ1n) is 6.01. The predicted octanol–water partition coefficient (Wildman–Crippen LogP) is 1.91. The Kier molecular flexibility index (Phi) is 3.39. The van der Waals surface area contributed by atoms with Gasteiger partial charge in [-0.2, -0.15) is 0 Å². The van der Waals surface area contributed by atoms with Crippen LogP contribution in [0.4, 0.5) is 0 Å². The van der Waals surface area contributed by atoms with Gasteiger partial charge in [0.25, 0.3) is 0 Å². The van der Waals surface area contributed by atoms with Crippen LogP contribution in [0, 0.1) is 6.92 Å². The van der Waals surface area contributed by atoms with E-state index in [1.54, 1.807) is 0 Å². The molecule has 0 saturated carbocycles. The fraction of sp³-hybridized carbons (Fsp3) is 0.357. The molecule has 0 spiro atoms. The molecule has 0 bridgehead atoms. The average molecular weight is 246 g/mol.